The molecule has 0 aliphatic carbocycles. The van der Waals surface area contributed by atoms with Gasteiger partial charge in [-0.05, 0) is 49.6 Å². The first-order valence-corrected chi connectivity index (χ1v) is 8.22. The maximum Gasteiger partial charge on any atom is 0.211 e. The van der Waals surface area contributed by atoms with Gasteiger partial charge in [-0.1, -0.05) is 18.2 Å². The van der Waals surface area contributed by atoms with Gasteiger partial charge in [0, 0.05) is 36.9 Å². The minimum absolute atomic E-state index is 0.00780. The van der Waals surface area contributed by atoms with Crippen LogP contribution in [0.2, 0.25) is 0 Å². The van der Waals surface area contributed by atoms with E-state index in [4.69, 9.17) is 11.5 Å². The minimum Gasteiger partial charge on any atom is -0.369 e. The van der Waals surface area contributed by atoms with Crippen molar-refractivity contribution in [1.29, 1.82) is 0 Å². The van der Waals surface area contributed by atoms with Gasteiger partial charge in [0.15, 0.2) is 0 Å². The van der Waals surface area contributed by atoms with Crippen LogP contribution in [-0.4, -0.2) is 34.2 Å². The second kappa shape index (κ2) is 7.31. The molecule has 1 aliphatic heterocycles. The summed E-state index contributed by atoms with van der Waals surface area (Å²) in [5.74, 6) is -0.00780. The molecule has 1 aromatic heterocycles. The van der Waals surface area contributed by atoms with Gasteiger partial charge >= 0.3 is 0 Å². The number of rotatable bonds is 5. The molecule has 2 aromatic rings. The van der Waals surface area contributed by atoms with E-state index in [0.717, 1.165) is 25.9 Å². The van der Waals surface area contributed by atoms with Gasteiger partial charge < -0.3 is 16.0 Å². The normalized spacial score (nSPS) is 18.3. The number of aromatic nitrogens is 1. The molecule has 1 fully saturated rings. The number of likely N-dealkylation sites (tertiary alicyclic amines) is 1. The Morgan fingerprint density at radius 2 is 2.04 bits per heavy atom. The fraction of sp³-hybridized carbons (Fsp3) is 0.333. The maximum absolute atomic E-state index is 5.31. The van der Waals surface area contributed by atoms with Crippen LogP contribution in [0.4, 0.5) is 0 Å². The first-order valence-electron chi connectivity index (χ1n) is 8.22. The molecule has 1 aliphatic rings. The molecule has 1 atom stereocenters. The van der Waals surface area contributed by atoms with E-state index in [2.05, 4.69) is 63.3 Å². The Kier molecular flexibility index (Phi) is 4.96. The van der Waals surface area contributed by atoms with Crippen molar-refractivity contribution in [1.82, 2.24) is 9.47 Å². The van der Waals surface area contributed by atoms with Gasteiger partial charge in [0.1, 0.15) is 0 Å². The SMILES string of the molecule is Cc1cn(-c2ccccc2)cc1CN1CCCC1/C=N/N=C(N)N. The summed E-state index contributed by atoms with van der Waals surface area (Å²) in [4.78, 5) is 2.42. The van der Waals surface area contributed by atoms with Crippen LogP contribution < -0.4 is 11.5 Å². The highest BCUT2D eigenvalue weighted by atomic mass is 15.3. The van der Waals surface area contributed by atoms with E-state index in [1.54, 1.807) is 0 Å². The standard InChI is InChI=1S/C18H24N6/c1-14-11-24(16-6-3-2-4-7-16)13-15(14)12-23-9-5-8-17(23)10-21-22-18(19)20/h2-4,6-7,10-11,13,17H,5,8-9,12H2,1H3,(H4,19,20,22)/b21-10+. The topological polar surface area (TPSA) is 84.9 Å². The molecular formula is C18H24N6. The zero-order chi connectivity index (χ0) is 16.9. The molecule has 0 radical (unpaired) electrons. The Hall–Kier alpha value is -2.60. The molecule has 1 saturated heterocycles. The van der Waals surface area contributed by atoms with Crippen LogP contribution in [0.25, 0.3) is 5.69 Å². The smallest absolute Gasteiger partial charge is 0.211 e. The van der Waals surface area contributed by atoms with Crippen LogP contribution in [0.1, 0.15) is 24.0 Å². The monoisotopic (exact) mass is 324 g/mol. The third kappa shape index (κ3) is 3.83. The first-order chi connectivity index (χ1) is 11.6. The fourth-order valence-corrected chi connectivity index (χ4v) is 3.13. The summed E-state index contributed by atoms with van der Waals surface area (Å²) < 4.78 is 2.18. The highest BCUT2D eigenvalue weighted by molar-refractivity contribution is 5.76. The fourth-order valence-electron chi connectivity index (χ4n) is 3.13. The zero-order valence-electron chi connectivity index (χ0n) is 14.0. The number of hydrogen-bond acceptors (Lipinski definition) is 3. The number of para-hydroxylation sites is 1. The van der Waals surface area contributed by atoms with Crippen molar-refractivity contribution < 1.29 is 0 Å². The lowest BCUT2D eigenvalue weighted by Crippen LogP contribution is -2.30. The number of hydrogen-bond donors (Lipinski definition) is 2. The van der Waals surface area contributed by atoms with Crippen molar-refractivity contribution in [3.8, 4) is 5.69 Å². The summed E-state index contributed by atoms with van der Waals surface area (Å²) in [6, 6.07) is 10.7. The number of guanidine groups is 1. The second-order valence-corrected chi connectivity index (χ2v) is 6.18. The lowest BCUT2D eigenvalue weighted by Gasteiger charge is -2.20. The highest BCUT2D eigenvalue weighted by Crippen LogP contribution is 2.22. The van der Waals surface area contributed by atoms with Crippen LogP contribution in [-0.2, 0) is 6.54 Å². The summed E-state index contributed by atoms with van der Waals surface area (Å²) in [5.41, 5.74) is 14.4. The Balaban J connectivity index is 1.72. The molecule has 24 heavy (non-hydrogen) atoms. The van der Waals surface area contributed by atoms with Crippen molar-refractivity contribution in [3.63, 3.8) is 0 Å². The average molecular weight is 324 g/mol. The van der Waals surface area contributed by atoms with Crippen molar-refractivity contribution in [2.24, 2.45) is 21.7 Å². The molecule has 1 unspecified atom stereocenters. The predicted octanol–water partition coefficient (Wildman–Crippen LogP) is 2.01. The van der Waals surface area contributed by atoms with Crippen molar-refractivity contribution in [3.05, 3.63) is 53.9 Å². The summed E-state index contributed by atoms with van der Waals surface area (Å²) >= 11 is 0. The van der Waals surface area contributed by atoms with Gasteiger partial charge in [-0.2, -0.15) is 5.10 Å². The molecule has 6 nitrogen and oxygen atoms in total. The molecule has 6 heteroatoms. The van der Waals surface area contributed by atoms with Gasteiger partial charge in [-0.25, -0.2) is 0 Å². The maximum atomic E-state index is 5.31. The van der Waals surface area contributed by atoms with Crippen LogP contribution in [0.15, 0.2) is 52.9 Å². The lowest BCUT2D eigenvalue weighted by atomic mass is 10.2. The van der Waals surface area contributed by atoms with E-state index in [-0.39, 0.29) is 12.0 Å². The third-order valence-corrected chi connectivity index (χ3v) is 4.39. The van der Waals surface area contributed by atoms with E-state index in [9.17, 15) is 0 Å². The van der Waals surface area contributed by atoms with E-state index in [1.807, 2.05) is 12.3 Å². The molecule has 0 amide bonds. The van der Waals surface area contributed by atoms with Crippen LogP contribution in [0, 0.1) is 6.92 Å². The molecular weight excluding hydrogens is 300 g/mol. The number of benzene rings is 1. The molecule has 0 bridgehead atoms. The summed E-state index contributed by atoms with van der Waals surface area (Å²) in [7, 11) is 0. The Morgan fingerprint density at radius 1 is 1.25 bits per heavy atom. The molecule has 0 spiro atoms. The quantitative estimate of drug-likeness (QED) is 0.501. The summed E-state index contributed by atoms with van der Waals surface area (Å²) in [6.45, 7) is 4.13. The Morgan fingerprint density at radius 3 is 2.79 bits per heavy atom. The molecule has 0 saturated carbocycles. The van der Waals surface area contributed by atoms with Crippen LogP contribution >= 0.6 is 0 Å². The lowest BCUT2D eigenvalue weighted by molar-refractivity contribution is 0.297. The van der Waals surface area contributed by atoms with Gasteiger partial charge in [0.2, 0.25) is 5.96 Å². The predicted molar refractivity (Wildman–Crippen MR) is 98.2 cm³/mol. The summed E-state index contributed by atoms with van der Waals surface area (Å²) in [6.07, 6.45) is 8.49. The van der Waals surface area contributed by atoms with Gasteiger partial charge in [0.25, 0.3) is 0 Å². The van der Waals surface area contributed by atoms with Crippen LogP contribution in [0.5, 0.6) is 0 Å². The molecule has 126 valence electrons. The van der Waals surface area contributed by atoms with Gasteiger partial charge in [-0.3, -0.25) is 4.90 Å². The largest absolute Gasteiger partial charge is 0.369 e. The number of nitrogens with zero attached hydrogens (tertiary/aromatic N) is 4. The van der Waals surface area contributed by atoms with E-state index in [0.29, 0.717) is 0 Å². The Labute approximate surface area is 142 Å². The molecule has 1 aromatic carbocycles. The number of nitrogens with two attached hydrogens (primary N) is 2. The first kappa shape index (κ1) is 16.3. The number of aryl methyl sites for hydroxylation is 1. The van der Waals surface area contributed by atoms with Crippen molar-refractivity contribution in [2.75, 3.05) is 6.54 Å². The zero-order valence-corrected chi connectivity index (χ0v) is 14.0. The average Bonchev–Trinajstić information content (AvgIpc) is 3.16. The molecule has 2 heterocycles. The van der Waals surface area contributed by atoms with Crippen LogP contribution in [0.3, 0.4) is 0 Å². The molecule has 3 rings (SSSR count). The van der Waals surface area contributed by atoms with Crippen molar-refractivity contribution in [2.45, 2.75) is 32.4 Å². The van der Waals surface area contributed by atoms with Crippen molar-refractivity contribution >= 4 is 12.2 Å². The highest BCUT2D eigenvalue weighted by Gasteiger charge is 2.23. The van der Waals surface area contributed by atoms with Gasteiger partial charge in [-0.15, -0.1) is 5.10 Å². The molecule has 4 N–H and O–H groups in total. The van der Waals surface area contributed by atoms with E-state index in [1.165, 1.54) is 16.8 Å². The Bertz CT molecular complexity index is 727. The minimum atomic E-state index is -0.00780. The second-order valence-electron chi connectivity index (χ2n) is 6.18. The summed E-state index contributed by atoms with van der Waals surface area (Å²) in [5, 5.41) is 7.69. The van der Waals surface area contributed by atoms with E-state index >= 15 is 0 Å². The third-order valence-electron chi connectivity index (χ3n) is 4.39. The van der Waals surface area contributed by atoms with E-state index < -0.39 is 0 Å². The van der Waals surface area contributed by atoms with Gasteiger partial charge in [0.05, 0.1) is 0 Å².